The van der Waals surface area contributed by atoms with E-state index in [0.29, 0.717) is 25.7 Å². The Morgan fingerprint density at radius 1 is 1.12 bits per heavy atom. The molecule has 0 aliphatic heterocycles. The quantitative estimate of drug-likeness (QED) is 0.330. The number of rotatable bonds is 7. The van der Waals surface area contributed by atoms with Crippen LogP contribution in [0.2, 0.25) is 0 Å². The van der Waals surface area contributed by atoms with Crippen molar-refractivity contribution in [2.24, 2.45) is 28.6 Å². The molecule has 0 heterocycles. The van der Waals surface area contributed by atoms with Gasteiger partial charge in [-0.25, -0.2) is 4.39 Å². The Balaban J connectivity index is 1.60. The van der Waals surface area contributed by atoms with Crippen LogP contribution in [0.1, 0.15) is 105 Å². The summed E-state index contributed by atoms with van der Waals surface area (Å²) in [4.78, 5) is 38.0. The van der Waals surface area contributed by atoms with Gasteiger partial charge in [0.2, 0.25) is 0 Å². The number of allylic oxidation sites excluding steroid dienone is 1. The first-order chi connectivity index (χ1) is 15.6. The van der Waals surface area contributed by atoms with Crippen LogP contribution in [0.25, 0.3) is 0 Å². The lowest BCUT2D eigenvalue weighted by Crippen LogP contribution is -2.61. The lowest BCUT2D eigenvalue weighted by Gasteiger charge is -2.60. The first-order valence-electron chi connectivity index (χ1n) is 13.2. The van der Waals surface area contributed by atoms with Gasteiger partial charge < -0.3 is 4.74 Å². The maximum absolute atomic E-state index is 16.2. The van der Waals surface area contributed by atoms with Gasteiger partial charge in [-0.05, 0) is 75.2 Å². The van der Waals surface area contributed by atoms with Gasteiger partial charge in [0.1, 0.15) is 6.17 Å². The average Bonchev–Trinajstić information content (AvgIpc) is 3.04. The highest BCUT2D eigenvalue weighted by Crippen LogP contribution is 2.68. The van der Waals surface area contributed by atoms with E-state index < -0.39 is 17.2 Å². The number of hydrogen-bond donors (Lipinski definition) is 0. The standard InChI is InChI=1S/C28H41FO4/c1-5-6-7-8-9-24(32)33-28(18(2)30)15-13-22-21-11-10-19-16-20(31)12-14-26(19,3)25(21)23(29)17-27(22,28)4/h16,21-23,25H,5-15,17H2,1-4H3/t21-,22-,23?,25+,26-,27-,28-/m0/s1. The SMILES string of the molecule is CCCCCCC(=O)O[C@]1(C(C)=O)CC[C@H]2[C@@H]3CCC4=CC(=O)CC[C@]4(C)[C@H]3C(F)C[C@@]21C. The molecule has 7 atom stereocenters. The van der Waals surface area contributed by atoms with Gasteiger partial charge >= 0.3 is 5.97 Å². The molecule has 0 N–H and O–H groups in total. The van der Waals surface area contributed by atoms with E-state index in [-0.39, 0.29) is 47.1 Å². The van der Waals surface area contributed by atoms with Gasteiger partial charge in [0.25, 0.3) is 0 Å². The topological polar surface area (TPSA) is 60.4 Å². The molecule has 33 heavy (non-hydrogen) atoms. The molecule has 4 nitrogen and oxygen atoms in total. The number of hydrogen-bond acceptors (Lipinski definition) is 4. The van der Waals surface area contributed by atoms with Crippen molar-refractivity contribution in [3.05, 3.63) is 11.6 Å². The highest BCUT2D eigenvalue weighted by Gasteiger charge is 2.70. The summed E-state index contributed by atoms with van der Waals surface area (Å²) in [7, 11) is 0. The van der Waals surface area contributed by atoms with Gasteiger partial charge in [-0.1, -0.05) is 45.6 Å². The number of esters is 1. The van der Waals surface area contributed by atoms with Crippen molar-refractivity contribution >= 4 is 17.5 Å². The number of ketones is 2. The number of Topliss-reactive ketones (excluding diaryl/α,β-unsaturated/α-hetero) is 1. The number of alkyl halides is 1. The molecule has 0 radical (unpaired) electrons. The third-order valence-corrected chi connectivity index (χ3v) is 10.1. The van der Waals surface area contributed by atoms with Crippen molar-refractivity contribution in [3.8, 4) is 0 Å². The van der Waals surface area contributed by atoms with Crippen LogP contribution >= 0.6 is 0 Å². The van der Waals surface area contributed by atoms with Crippen molar-refractivity contribution in [2.75, 3.05) is 0 Å². The molecule has 0 amide bonds. The summed E-state index contributed by atoms with van der Waals surface area (Å²) in [6.45, 7) is 7.81. The van der Waals surface area contributed by atoms with Crippen LogP contribution in [0.5, 0.6) is 0 Å². The maximum Gasteiger partial charge on any atom is 0.306 e. The predicted molar refractivity (Wildman–Crippen MR) is 125 cm³/mol. The number of carbonyl (C=O) groups excluding carboxylic acids is 3. The fourth-order valence-corrected chi connectivity index (χ4v) is 8.36. The molecular formula is C28H41FO4. The van der Waals surface area contributed by atoms with E-state index in [1.807, 2.05) is 6.92 Å². The smallest absolute Gasteiger partial charge is 0.306 e. The lowest BCUT2D eigenvalue weighted by molar-refractivity contribution is -0.195. The van der Waals surface area contributed by atoms with Crippen molar-refractivity contribution in [2.45, 2.75) is 117 Å². The van der Waals surface area contributed by atoms with E-state index in [1.54, 1.807) is 6.08 Å². The second-order valence-electron chi connectivity index (χ2n) is 11.7. The van der Waals surface area contributed by atoms with Crippen molar-refractivity contribution in [3.63, 3.8) is 0 Å². The molecule has 0 bridgehead atoms. The summed E-state index contributed by atoms with van der Waals surface area (Å²) in [5.74, 6) is -0.102. The van der Waals surface area contributed by atoms with Crippen LogP contribution in [0.3, 0.4) is 0 Å². The number of fused-ring (bicyclic) bond motifs is 5. The zero-order valence-electron chi connectivity index (χ0n) is 20.9. The Bertz CT molecular complexity index is 849. The highest BCUT2D eigenvalue weighted by atomic mass is 19.1. The van der Waals surface area contributed by atoms with E-state index in [2.05, 4.69) is 13.8 Å². The van der Waals surface area contributed by atoms with E-state index in [1.165, 1.54) is 6.92 Å². The molecule has 4 aliphatic rings. The Morgan fingerprint density at radius 3 is 2.58 bits per heavy atom. The van der Waals surface area contributed by atoms with Crippen molar-refractivity contribution in [1.29, 1.82) is 0 Å². The molecule has 0 aromatic heterocycles. The summed E-state index contributed by atoms with van der Waals surface area (Å²) in [5.41, 5.74) is -1.05. The Labute approximate surface area is 198 Å². The molecule has 0 aromatic rings. The summed E-state index contributed by atoms with van der Waals surface area (Å²) in [5, 5.41) is 0. The second-order valence-corrected chi connectivity index (χ2v) is 11.7. The molecule has 3 saturated carbocycles. The Morgan fingerprint density at radius 2 is 1.88 bits per heavy atom. The second kappa shape index (κ2) is 8.92. The molecule has 4 aliphatic carbocycles. The lowest BCUT2D eigenvalue weighted by atomic mass is 9.45. The van der Waals surface area contributed by atoms with E-state index in [9.17, 15) is 14.4 Å². The maximum atomic E-state index is 16.2. The van der Waals surface area contributed by atoms with Crippen LogP contribution in [0.15, 0.2) is 11.6 Å². The van der Waals surface area contributed by atoms with Gasteiger partial charge in [-0.2, -0.15) is 0 Å². The zero-order valence-corrected chi connectivity index (χ0v) is 20.9. The molecule has 0 aromatic carbocycles. The zero-order chi connectivity index (χ0) is 24.0. The molecule has 0 saturated heterocycles. The largest absolute Gasteiger partial charge is 0.450 e. The van der Waals surface area contributed by atoms with Gasteiger partial charge in [0, 0.05) is 24.2 Å². The Hall–Kier alpha value is -1.52. The highest BCUT2D eigenvalue weighted by molar-refractivity contribution is 5.92. The van der Waals surface area contributed by atoms with Crippen LogP contribution < -0.4 is 0 Å². The fraction of sp³-hybridized carbons (Fsp3) is 0.821. The van der Waals surface area contributed by atoms with Crippen molar-refractivity contribution < 1.29 is 23.5 Å². The minimum atomic E-state index is -1.21. The third-order valence-electron chi connectivity index (χ3n) is 10.1. The molecular weight excluding hydrogens is 419 g/mol. The number of halogens is 1. The average molecular weight is 461 g/mol. The van der Waals surface area contributed by atoms with E-state index in [4.69, 9.17) is 4.74 Å². The van der Waals surface area contributed by atoms with Gasteiger partial charge in [0.15, 0.2) is 17.2 Å². The van der Waals surface area contributed by atoms with Gasteiger partial charge in [-0.3, -0.25) is 14.4 Å². The summed E-state index contributed by atoms with van der Waals surface area (Å²) < 4.78 is 22.3. The minimum Gasteiger partial charge on any atom is -0.450 e. The molecule has 4 rings (SSSR count). The van der Waals surface area contributed by atoms with Crippen LogP contribution in [0.4, 0.5) is 4.39 Å². The predicted octanol–water partition coefficient (Wildman–Crippen LogP) is 6.31. The summed E-state index contributed by atoms with van der Waals surface area (Å²) in [6, 6.07) is 0. The van der Waals surface area contributed by atoms with Crippen LogP contribution in [-0.2, 0) is 19.1 Å². The van der Waals surface area contributed by atoms with Crippen LogP contribution in [-0.4, -0.2) is 29.3 Å². The van der Waals surface area contributed by atoms with Crippen molar-refractivity contribution in [1.82, 2.24) is 0 Å². The number of ether oxygens (including phenoxy) is 1. The number of unbranched alkanes of at least 4 members (excludes halogenated alkanes) is 3. The van der Waals surface area contributed by atoms with E-state index in [0.717, 1.165) is 50.5 Å². The summed E-state index contributed by atoms with van der Waals surface area (Å²) >= 11 is 0. The minimum absolute atomic E-state index is 0.129. The third kappa shape index (κ3) is 3.82. The first-order valence-corrected chi connectivity index (χ1v) is 13.2. The fourth-order valence-electron chi connectivity index (χ4n) is 8.36. The Kier molecular flexibility index (Phi) is 6.65. The molecule has 5 heteroatoms. The van der Waals surface area contributed by atoms with Crippen LogP contribution in [0, 0.1) is 28.6 Å². The number of carbonyl (C=O) groups is 3. The monoisotopic (exact) mass is 460 g/mol. The van der Waals surface area contributed by atoms with E-state index >= 15 is 4.39 Å². The van der Waals surface area contributed by atoms with Gasteiger partial charge in [0.05, 0.1) is 0 Å². The molecule has 0 spiro atoms. The molecule has 3 fully saturated rings. The first kappa shape index (κ1) is 24.6. The normalized spacial score (nSPS) is 42.1. The molecule has 184 valence electrons. The summed E-state index contributed by atoms with van der Waals surface area (Å²) in [6.07, 6.45) is 9.38. The molecule has 1 unspecified atom stereocenters. The van der Waals surface area contributed by atoms with Gasteiger partial charge in [-0.15, -0.1) is 0 Å².